The molecule has 0 spiro atoms. The van der Waals surface area contributed by atoms with Crippen molar-refractivity contribution in [3.05, 3.63) is 22.7 Å². The molecule has 0 amide bonds. The summed E-state index contributed by atoms with van der Waals surface area (Å²) in [4.78, 5) is 3.25. The van der Waals surface area contributed by atoms with E-state index in [1.54, 1.807) is 4.68 Å². The number of H-pyrrole nitrogens is 1. The minimum Gasteiger partial charge on any atom is -0.327 e. The molecule has 0 fully saturated rings. The van der Waals surface area contributed by atoms with Crippen LogP contribution >= 0.6 is 12.2 Å². The van der Waals surface area contributed by atoms with E-state index in [4.69, 9.17) is 12.2 Å². The van der Waals surface area contributed by atoms with Gasteiger partial charge in [0.25, 0.3) is 0 Å². The third kappa shape index (κ3) is 1.81. The van der Waals surface area contributed by atoms with Gasteiger partial charge in [0.1, 0.15) is 5.52 Å². The summed E-state index contributed by atoms with van der Waals surface area (Å²) >= 11 is 5.42. The van der Waals surface area contributed by atoms with Crippen LogP contribution in [0.2, 0.25) is 0 Å². The van der Waals surface area contributed by atoms with Crippen molar-refractivity contribution in [3.8, 4) is 5.82 Å². The predicted molar refractivity (Wildman–Crippen MR) is 76.0 cm³/mol. The van der Waals surface area contributed by atoms with Gasteiger partial charge in [-0.15, -0.1) is 0 Å². The molecule has 0 unspecified atom stereocenters. The van der Waals surface area contributed by atoms with E-state index >= 15 is 0 Å². The largest absolute Gasteiger partial charge is 0.327 e. The fraction of sp³-hybridized carbons (Fsp3) is 0.417. The summed E-state index contributed by atoms with van der Waals surface area (Å²) in [7, 11) is 3.83. The number of fused-ring (bicyclic) bond motifs is 1. The number of hydrogen-bond acceptors (Lipinski definition) is 3. The highest BCUT2D eigenvalue weighted by Crippen LogP contribution is 2.21. The molecule has 0 aromatic carbocycles. The summed E-state index contributed by atoms with van der Waals surface area (Å²) in [5, 5.41) is 8.97. The second-order valence-electron chi connectivity index (χ2n) is 4.63. The molecule has 0 radical (unpaired) electrons. The lowest BCUT2D eigenvalue weighted by molar-refractivity contribution is 0.721. The van der Waals surface area contributed by atoms with Crippen molar-refractivity contribution in [3.63, 3.8) is 0 Å². The molecule has 0 atom stereocenters. The molecule has 3 heterocycles. The van der Waals surface area contributed by atoms with Gasteiger partial charge in [-0.25, -0.2) is 4.68 Å². The Morgan fingerprint density at radius 3 is 2.74 bits per heavy atom. The average Bonchev–Trinajstić information content (AvgIpc) is 2.98. The number of aryl methyl sites for hydroxylation is 3. The first kappa shape index (κ1) is 12.2. The Morgan fingerprint density at radius 1 is 1.32 bits per heavy atom. The highest BCUT2D eigenvalue weighted by atomic mass is 32.1. The molecule has 6 nitrogen and oxygen atoms in total. The van der Waals surface area contributed by atoms with Crippen molar-refractivity contribution in [1.82, 2.24) is 29.1 Å². The monoisotopic (exact) mass is 276 g/mol. The Hall–Kier alpha value is -1.89. The number of nitrogens with one attached hydrogen (secondary N) is 1. The van der Waals surface area contributed by atoms with Gasteiger partial charge in [-0.05, 0) is 18.6 Å². The normalized spacial score (nSPS) is 11.5. The number of aromatic amines is 1. The smallest absolute Gasteiger partial charge is 0.185 e. The number of imidazole rings is 1. The highest BCUT2D eigenvalue weighted by molar-refractivity contribution is 7.71. The van der Waals surface area contributed by atoms with E-state index in [-0.39, 0.29) is 0 Å². The van der Waals surface area contributed by atoms with Gasteiger partial charge in [0.15, 0.2) is 16.2 Å². The van der Waals surface area contributed by atoms with Gasteiger partial charge < -0.3 is 4.98 Å². The molecule has 0 bridgehead atoms. The molecular weight excluding hydrogens is 260 g/mol. The van der Waals surface area contributed by atoms with Crippen molar-refractivity contribution in [2.24, 2.45) is 14.1 Å². The number of rotatable bonds is 3. The molecule has 0 aliphatic carbocycles. The van der Waals surface area contributed by atoms with Crippen LogP contribution in [0.25, 0.3) is 17.0 Å². The zero-order valence-electron chi connectivity index (χ0n) is 11.2. The molecule has 0 aliphatic heterocycles. The van der Waals surface area contributed by atoms with Gasteiger partial charge >= 0.3 is 0 Å². The summed E-state index contributed by atoms with van der Waals surface area (Å²) in [6.07, 6.45) is 3.90. The van der Waals surface area contributed by atoms with E-state index in [1.807, 2.05) is 35.6 Å². The number of aromatic nitrogens is 6. The molecule has 3 rings (SSSR count). The lowest BCUT2D eigenvalue weighted by Gasteiger charge is -1.99. The summed E-state index contributed by atoms with van der Waals surface area (Å²) in [6, 6.07) is 1.94. The molecule has 3 aromatic rings. The molecule has 3 aromatic heterocycles. The minimum atomic E-state index is 0.652. The van der Waals surface area contributed by atoms with Crippen LogP contribution in [0.4, 0.5) is 0 Å². The van der Waals surface area contributed by atoms with Crippen molar-refractivity contribution in [1.29, 1.82) is 0 Å². The first-order valence-electron chi connectivity index (χ1n) is 6.28. The molecule has 0 saturated carbocycles. The van der Waals surface area contributed by atoms with E-state index in [0.717, 1.165) is 35.5 Å². The van der Waals surface area contributed by atoms with E-state index in [2.05, 4.69) is 22.1 Å². The van der Waals surface area contributed by atoms with Crippen LogP contribution in [0.5, 0.6) is 0 Å². The van der Waals surface area contributed by atoms with E-state index < -0.39 is 0 Å². The van der Waals surface area contributed by atoms with Crippen LogP contribution in [0.3, 0.4) is 0 Å². The Bertz CT molecular complexity index is 787. The van der Waals surface area contributed by atoms with Crippen LogP contribution in [0.1, 0.15) is 19.0 Å². The lowest BCUT2D eigenvalue weighted by Crippen LogP contribution is -2.02. The maximum Gasteiger partial charge on any atom is 0.185 e. The molecule has 0 aliphatic rings. The van der Waals surface area contributed by atoms with E-state index in [1.165, 1.54) is 0 Å². The Balaban J connectivity index is 2.31. The maximum absolute atomic E-state index is 5.42. The first-order valence-corrected chi connectivity index (χ1v) is 6.69. The van der Waals surface area contributed by atoms with E-state index in [9.17, 15) is 0 Å². The summed E-state index contributed by atoms with van der Waals surface area (Å²) < 4.78 is 6.20. The standard InChI is InChI=1S/C12H16N6S/c1-4-5-8-10-11(17(3)14-8)18(12(19)13-10)9-6-7-16(2)15-9/h6-7H,4-5H2,1-3H3,(H,13,19). The van der Waals surface area contributed by atoms with Gasteiger partial charge in [0, 0.05) is 26.4 Å². The van der Waals surface area contributed by atoms with Crippen LogP contribution in [0, 0.1) is 4.77 Å². The second kappa shape index (κ2) is 4.34. The molecule has 19 heavy (non-hydrogen) atoms. The van der Waals surface area contributed by atoms with Gasteiger partial charge in [0.05, 0.1) is 5.69 Å². The van der Waals surface area contributed by atoms with Gasteiger partial charge in [0.2, 0.25) is 0 Å². The quantitative estimate of drug-likeness (QED) is 0.745. The van der Waals surface area contributed by atoms with Gasteiger partial charge in [-0.3, -0.25) is 9.25 Å². The van der Waals surface area contributed by atoms with E-state index in [0.29, 0.717) is 4.77 Å². The molecule has 100 valence electrons. The molecule has 7 heteroatoms. The molecular formula is C12H16N6S. The molecule has 0 saturated heterocycles. The van der Waals surface area contributed by atoms with Gasteiger partial charge in [-0.1, -0.05) is 13.3 Å². The Kier molecular flexibility index (Phi) is 2.78. The van der Waals surface area contributed by atoms with Crippen molar-refractivity contribution in [2.75, 3.05) is 0 Å². The van der Waals surface area contributed by atoms with Crippen molar-refractivity contribution >= 4 is 23.4 Å². The van der Waals surface area contributed by atoms with Gasteiger partial charge in [-0.2, -0.15) is 10.2 Å². The number of nitrogens with zero attached hydrogens (tertiary/aromatic N) is 5. The summed E-state index contributed by atoms with van der Waals surface area (Å²) in [5.41, 5.74) is 3.04. The zero-order chi connectivity index (χ0) is 13.6. The maximum atomic E-state index is 5.42. The Labute approximate surface area is 115 Å². The topological polar surface area (TPSA) is 56.4 Å². The van der Waals surface area contributed by atoms with Crippen LogP contribution in [0.15, 0.2) is 12.3 Å². The van der Waals surface area contributed by atoms with Crippen molar-refractivity contribution < 1.29 is 0 Å². The SMILES string of the molecule is CCCc1nn(C)c2c1[nH]c(=S)n2-c1ccn(C)n1. The lowest BCUT2D eigenvalue weighted by atomic mass is 10.2. The minimum absolute atomic E-state index is 0.652. The summed E-state index contributed by atoms with van der Waals surface area (Å²) in [6.45, 7) is 2.14. The second-order valence-corrected chi connectivity index (χ2v) is 5.02. The highest BCUT2D eigenvalue weighted by Gasteiger charge is 2.16. The summed E-state index contributed by atoms with van der Waals surface area (Å²) in [5.74, 6) is 0.810. The zero-order valence-corrected chi connectivity index (χ0v) is 12.0. The van der Waals surface area contributed by atoms with Crippen LogP contribution < -0.4 is 0 Å². The fourth-order valence-corrected chi connectivity index (χ4v) is 2.64. The first-order chi connectivity index (χ1) is 9.11. The van der Waals surface area contributed by atoms with Crippen molar-refractivity contribution in [2.45, 2.75) is 19.8 Å². The van der Waals surface area contributed by atoms with Crippen LogP contribution in [-0.4, -0.2) is 29.1 Å². The van der Waals surface area contributed by atoms with Crippen LogP contribution in [-0.2, 0) is 20.5 Å². The fourth-order valence-electron chi connectivity index (χ4n) is 2.36. The third-order valence-corrected chi connectivity index (χ3v) is 3.44. The third-order valence-electron chi connectivity index (χ3n) is 3.15. The molecule has 1 N–H and O–H groups in total. The average molecular weight is 276 g/mol. The Morgan fingerprint density at radius 2 is 2.11 bits per heavy atom. The predicted octanol–water partition coefficient (Wildman–Crippen LogP) is 2.11. The number of hydrogen-bond donors (Lipinski definition) is 1.